The summed E-state index contributed by atoms with van der Waals surface area (Å²) in [7, 11) is 2.62. The fourth-order valence-electron chi connectivity index (χ4n) is 5.77. The first kappa shape index (κ1) is 29.3. The van der Waals surface area contributed by atoms with Gasteiger partial charge in [0.25, 0.3) is 17.4 Å². The van der Waals surface area contributed by atoms with Crippen molar-refractivity contribution < 1.29 is 27.8 Å². The number of alkyl halides is 2. The summed E-state index contributed by atoms with van der Waals surface area (Å²) in [6.45, 7) is 5.20. The predicted octanol–water partition coefficient (Wildman–Crippen LogP) is 3.97. The van der Waals surface area contributed by atoms with Crippen LogP contribution in [-0.4, -0.2) is 66.1 Å². The summed E-state index contributed by atoms with van der Waals surface area (Å²) in [4.78, 5) is 42.3. The summed E-state index contributed by atoms with van der Waals surface area (Å²) in [5.41, 5.74) is 2.82. The lowest BCUT2D eigenvalue weighted by atomic mass is 9.89. The number of amides is 2. The van der Waals surface area contributed by atoms with E-state index in [1.807, 2.05) is 31.2 Å². The summed E-state index contributed by atoms with van der Waals surface area (Å²) in [5, 5.41) is 3.66. The van der Waals surface area contributed by atoms with Gasteiger partial charge in [0.15, 0.2) is 0 Å². The fourth-order valence-corrected chi connectivity index (χ4v) is 5.77. The van der Waals surface area contributed by atoms with E-state index in [0.717, 1.165) is 23.7 Å². The molecule has 216 valence electrons. The first-order valence-electron chi connectivity index (χ1n) is 13.3. The molecule has 0 spiro atoms. The van der Waals surface area contributed by atoms with Gasteiger partial charge in [-0.1, -0.05) is 18.2 Å². The molecule has 1 aliphatic heterocycles. The van der Waals surface area contributed by atoms with Crippen molar-refractivity contribution in [2.45, 2.75) is 52.1 Å². The second-order valence-electron chi connectivity index (χ2n) is 10.4. The van der Waals surface area contributed by atoms with Crippen molar-refractivity contribution in [3.63, 3.8) is 0 Å². The molecule has 1 atom stereocenters. The maximum Gasteiger partial charge on any atom is 0.347 e. The molecule has 0 bridgehead atoms. The van der Waals surface area contributed by atoms with Crippen molar-refractivity contribution in [1.29, 1.82) is 0 Å². The highest BCUT2D eigenvalue weighted by Crippen LogP contribution is 2.36. The van der Waals surface area contributed by atoms with Crippen LogP contribution in [0.5, 0.6) is 5.75 Å². The number of nitrogens with zero attached hydrogens (tertiary/aromatic N) is 2. The third-order valence-electron chi connectivity index (χ3n) is 7.81. The van der Waals surface area contributed by atoms with Gasteiger partial charge in [0.1, 0.15) is 12.4 Å². The number of hydrogen-bond donors (Lipinski definition) is 2. The van der Waals surface area contributed by atoms with E-state index >= 15 is 0 Å². The number of hydrogen-bond acceptors (Lipinski definition) is 5. The third kappa shape index (κ3) is 5.60. The van der Waals surface area contributed by atoms with E-state index < -0.39 is 18.4 Å². The molecule has 1 fully saturated rings. The zero-order valence-corrected chi connectivity index (χ0v) is 23.5. The van der Waals surface area contributed by atoms with Crippen LogP contribution in [0.15, 0.2) is 35.1 Å². The van der Waals surface area contributed by atoms with Crippen LogP contribution in [0.25, 0.3) is 10.9 Å². The molecule has 1 aromatic carbocycles. The van der Waals surface area contributed by atoms with Crippen LogP contribution in [0.2, 0.25) is 0 Å². The molecular weight excluding hydrogens is 522 g/mol. The van der Waals surface area contributed by atoms with Crippen LogP contribution in [0.4, 0.5) is 8.78 Å². The van der Waals surface area contributed by atoms with E-state index in [-0.39, 0.29) is 43.1 Å². The molecule has 1 aliphatic rings. The van der Waals surface area contributed by atoms with Gasteiger partial charge >= 0.3 is 5.92 Å². The summed E-state index contributed by atoms with van der Waals surface area (Å²) >= 11 is 0. The fraction of sp³-hybridized carbons (Fsp3) is 0.483. The van der Waals surface area contributed by atoms with Crippen molar-refractivity contribution in [2.75, 3.05) is 33.9 Å². The van der Waals surface area contributed by atoms with Crippen LogP contribution < -0.4 is 15.6 Å². The van der Waals surface area contributed by atoms with Gasteiger partial charge in [-0.25, -0.2) is 0 Å². The van der Waals surface area contributed by atoms with Crippen LogP contribution in [-0.2, 0) is 16.1 Å². The minimum absolute atomic E-state index is 0.00762. The average molecular weight is 559 g/mol. The molecule has 11 heteroatoms. The largest absolute Gasteiger partial charge is 0.496 e. The van der Waals surface area contributed by atoms with Gasteiger partial charge in [-0.05, 0) is 51.7 Å². The predicted molar refractivity (Wildman–Crippen MR) is 147 cm³/mol. The summed E-state index contributed by atoms with van der Waals surface area (Å²) in [6, 6.07) is 9.27. The maximum atomic E-state index is 14.1. The SMILES string of the molecule is COCC(F)(F)C(=O)N1CCC(C(C)n2c(C)c(C(=O)NCc3c(OC)cc(C)[nH]c3=O)c3ccccc32)CC1. The van der Waals surface area contributed by atoms with Crippen molar-refractivity contribution in [3.8, 4) is 5.75 Å². The van der Waals surface area contributed by atoms with Gasteiger partial charge in [-0.3, -0.25) is 14.4 Å². The van der Waals surface area contributed by atoms with E-state index in [1.165, 1.54) is 12.0 Å². The third-order valence-corrected chi connectivity index (χ3v) is 7.81. The number of nitrogens with one attached hydrogen (secondary N) is 2. The van der Waals surface area contributed by atoms with Gasteiger partial charge in [-0.15, -0.1) is 0 Å². The second kappa shape index (κ2) is 11.8. The Labute approximate surface area is 231 Å². The minimum atomic E-state index is -3.55. The van der Waals surface area contributed by atoms with E-state index in [2.05, 4.69) is 26.5 Å². The van der Waals surface area contributed by atoms with E-state index in [1.54, 1.807) is 13.0 Å². The van der Waals surface area contributed by atoms with Gasteiger partial charge in [0.05, 0.1) is 24.8 Å². The molecule has 1 saturated heterocycles. The van der Waals surface area contributed by atoms with Crippen LogP contribution in [0, 0.1) is 19.8 Å². The number of benzene rings is 1. The Kier molecular flexibility index (Phi) is 8.62. The number of rotatable bonds is 9. The standard InChI is InChI=1S/C29H36F2N4O5/c1-17-14-24(40-5)22(26(36)33-17)15-32-27(37)25-19(3)35(23-9-7-6-8-21(23)25)18(2)20-10-12-34(13-11-20)28(38)29(30,31)16-39-4/h6-9,14,18,20H,10-13,15-16H2,1-5H3,(H,32,37)(H,33,36). The topological polar surface area (TPSA) is 106 Å². The zero-order valence-electron chi connectivity index (χ0n) is 23.5. The molecule has 0 saturated carbocycles. The number of fused-ring (bicyclic) bond motifs is 1. The lowest BCUT2D eigenvalue weighted by Crippen LogP contribution is -2.49. The number of likely N-dealkylation sites (tertiary alicyclic amines) is 1. The number of aromatic amines is 1. The zero-order chi connectivity index (χ0) is 29.2. The minimum Gasteiger partial charge on any atom is -0.496 e. The molecule has 2 aromatic heterocycles. The first-order valence-corrected chi connectivity index (χ1v) is 13.3. The molecule has 0 aliphatic carbocycles. The average Bonchev–Trinajstić information content (AvgIpc) is 3.22. The Balaban J connectivity index is 1.55. The van der Waals surface area contributed by atoms with Gasteiger partial charge in [0, 0.05) is 48.5 Å². The number of pyridine rings is 1. The van der Waals surface area contributed by atoms with Crippen LogP contribution >= 0.6 is 0 Å². The Bertz CT molecular complexity index is 1460. The maximum absolute atomic E-state index is 14.1. The number of aryl methyl sites for hydroxylation is 1. The highest BCUT2D eigenvalue weighted by atomic mass is 19.3. The number of carbonyl (C=O) groups excluding carboxylic acids is 2. The van der Waals surface area contributed by atoms with Crippen molar-refractivity contribution in [1.82, 2.24) is 19.8 Å². The van der Waals surface area contributed by atoms with Crippen molar-refractivity contribution >= 4 is 22.7 Å². The molecule has 9 nitrogen and oxygen atoms in total. The first-order chi connectivity index (χ1) is 19.0. The lowest BCUT2D eigenvalue weighted by molar-refractivity contribution is -0.166. The Morgan fingerprint density at radius 2 is 1.85 bits per heavy atom. The van der Waals surface area contributed by atoms with Crippen LogP contribution in [0.3, 0.4) is 0 Å². The molecule has 2 N–H and O–H groups in total. The van der Waals surface area contributed by atoms with Gasteiger partial charge in [0.2, 0.25) is 0 Å². The number of halogens is 2. The quantitative estimate of drug-likeness (QED) is 0.414. The van der Waals surface area contributed by atoms with Gasteiger partial charge in [-0.2, -0.15) is 8.78 Å². The Hall–Kier alpha value is -3.73. The monoisotopic (exact) mass is 558 g/mol. The Morgan fingerprint density at radius 3 is 2.50 bits per heavy atom. The van der Waals surface area contributed by atoms with Crippen molar-refractivity contribution in [3.05, 3.63) is 63.2 Å². The normalized spacial score (nSPS) is 15.3. The van der Waals surface area contributed by atoms with Crippen LogP contribution in [0.1, 0.15) is 53.1 Å². The number of para-hydroxylation sites is 1. The summed E-state index contributed by atoms with van der Waals surface area (Å²) < 4.78 is 40.2. The molecule has 40 heavy (non-hydrogen) atoms. The number of piperidine rings is 1. The molecule has 3 heterocycles. The molecule has 0 radical (unpaired) electrons. The van der Waals surface area contributed by atoms with E-state index in [0.29, 0.717) is 35.4 Å². The highest BCUT2D eigenvalue weighted by Gasteiger charge is 2.43. The van der Waals surface area contributed by atoms with Gasteiger partial charge < -0.3 is 29.2 Å². The molecule has 4 rings (SSSR count). The Morgan fingerprint density at radius 1 is 1.18 bits per heavy atom. The van der Waals surface area contributed by atoms with E-state index in [4.69, 9.17) is 4.74 Å². The van der Waals surface area contributed by atoms with E-state index in [9.17, 15) is 23.2 Å². The number of aromatic nitrogens is 2. The number of carbonyl (C=O) groups is 2. The lowest BCUT2D eigenvalue weighted by Gasteiger charge is -2.37. The number of methoxy groups -OCH3 is 2. The smallest absolute Gasteiger partial charge is 0.347 e. The molecule has 3 aromatic rings. The highest BCUT2D eigenvalue weighted by molar-refractivity contribution is 6.08. The molecule has 1 unspecified atom stereocenters. The summed E-state index contributed by atoms with van der Waals surface area (Å²) in [5.74, 6) is -4.55. The summed E-state index contributed by atoms with van der Waals surface area (Å²) in [6.07, 6.45) is 1.11. The molecule has 2 amide bonds. The second-order valence-corrected chi connectivity index (χ2v) is 10.4. The number of ether oxygens (including phenoxy) is 2. The number of H-pyrrole nitrogens is 1. The van der Waals surface area contributed by atoms with Crippen molar-refractivity contribution in [2.24, 2.45) is 5.92 Å². The molecular formula is C29H36F2N4O5.